The normalized spacial score (nSPS) is 13.0. The third-order valence-electron chi connectivity index (χ3n) is 11.7. The molecule has 6 nitrogen and oxygen atoms in total. The molecular formula is C47H58N4O2. The van der Waals surface area contributed by atoms with Gasteiger partial charge in [0, 0.05) is 50.8 Å². The fraction of sp³-hybridized carbons (Fsp3) is 0.404. The highest BCUT2D eigenvalue weighted by Gasteiger charge is 2.25. The van der Waals surface area contributed by atoms with Crippen LogP contribution in [-0.4, -0.2) is 30.1 Å². The lowest BCUT2D eigenvalue weighted by atomic mass is 9.91. The van der Waals surface area contributed by atoms with E-state index in [4.69, 9.17) is 9.97 Å². The zero-order valence-corrected chi connectivity index (χ0v) is 33.0. The quantitative estimate of drug-likeness (QED) is 0.0897. The molecular weight excluding hydrogens is 653 g/mol. The summed E-state index contributed by atoms with van der Waals surface area (Å²) in [4.78, 5) is 18.9. The first kappa shape index (κ1) is 37.9. The first-order chi connectivity index (χ1) is 25.7. The molecule has 0 saturated carbocycles. The van der Waals surface area contributed by atoms with Crippen LogP contribution in [0, 0.1) is 0 Å². The van der Waals surface area contributed by atoms with Crippen molar-refractivity contribution < 1.29 is 10.2 Å². The van der Waals surface area contributed by atoms with Crippen molar-refractivity contribution in [2.45, 2.75) is 125 Å². The lowest BCUT2D eigenvalue weighted by molar-refractivity contribution is 0.455. The summed E-state index contributed by atoms with van der Waals surface area (Å²) in [6.45, 7) is 17.9. The summed E-state index contributed by atoms with van der Waals surface area (Å²) in [5.74, 6) is 1.24. The second-order valence-electron chi connectivity index (χ2n) is 14.6. The van der Waals surface area contributed by atoms with Gasteiger partial charge in [-0.25, -0.2) is 9.97 Å². The Labute approximate surface area is 315 Å². The van der Waals surface area contributed by atoms with Crippen LogP contribution in [0.1, 0.15) is 174 Å². The second-order valence-corrected chi connectivity index (χ2v) is 14.6. The van der Waals surface area contributed by atoms with Gasteiger partial charge in [-0.05, 0) is 141 Å². The SMILES string of the molecule is C/C=C(/CC)c1c2ccc([nH]2)c(C(CC)CC)c2nc(c(C(CC)CC)c3nc(c(C(CC)CC)c4cc(Cc5cc(O)ccc5O)c1[nH]4)C=C3)C=C2. The Morgan fingerprint density at radius 1 is 0.604 bits per heavy atom. The number of aromatic hydroxyl groups is 2. The van der Waals surface area contributed by atoms with Crippen molar-refractivity contribution in [3.8, 4) is 11.5 Å². The first-order valence-electron chi connectivity index (χ1n) is 20.1. The molecule has 278 valence electrons. The third kappa shape index (κ3) is 7.25. The standard InChI is InChI=1S/C47H58N4O2/c1-9-28(10-2)43-35-18-19-36(48-35)44(29(11-3)12-4)38-22-23-40(50-38)46(31(15-7)16-8)47-33(25-32-26-34(52)17-24-42(32)53)27-41(51-47)45(30(13-5)14-6)39-21-20-37(43)49-39/h15,17-24,26-30,50-53H,9-14,16,25H2,1-8H3/b31-15-,43-35?,43-37?,44-36?,44-38?,45-39?,45-41?,46-40?,47-46?. The van der Waals surface area contributed by atoms with E-state index in [9.17, 15) is 10.2 Å². The van der Waals surface area contributed by atoms with Gasteiger partial charge in [0.25, 0.3) is 0 Å². The van der Waals surface area contributed by atoms with Gasteiger partial charge in [0.05, 0.1) is 28.3 Å². The van der Waals surface area contributed by atoms with E-state index in [1.165, 1.54) is 28.3 Å². The molecule has 0 radical (unpaired) electrons. The number of nitrogens with one attached hydrogen (secondary N) is 2. The van der Waals surface area contributed by atoms with E-state index in [1.807, 2.05) is 0 Å². The summed E-state index contributed by atoms with van der Waals surface area (Å²) in [5, 5.41) is 21.5. The summed E-state index contributed by atoms with van der Waals surface area (Å²) in [6, 6.07) is 11.5. The largest absolute Gasteiger partial charge is 0.508 e. The van der Waals surface area contributed by atoms with Crippen molar-refractivity contribution in [2.24, 2.45) is 0 Å². The number of benzene rings is 1. The average Bonchev–Trinajstić information content (AvgIpc) is 4.00. The molecule has 4 aromatic rings. The molecule has 6 rings (SSSR count). The van der Waals surface area contributed by atoms with Crippen molar-refractivity contribution in [1.82, 2.24) is 19.9 Å². The molecule has 4 N–H and O–H groups in total. The molecule has 3 aromatic heterocycles. The molecule has 6 heteroatoms. The molecule has 5 heterocycles. The molecule has 0 unspecified atom stereocenters. The van der Waals surface area contributed by atoms with Gasteiger partial charge in [0.2, 0.25) is 0 Å². The number of fused-ring (bicyclic) bond motifs is 8. The van der Waals surface area contributed by atoms with Crippen LogP contribution in [0.25, 0.3) is 51.9 Å². The number of hydrogen-bond donors (Lipinski definition) is 4. The fourth-order valence-electron chi connectivity index (χ4n) is 8.71. The summed E-state index contributed by atoms with van der Waals surface area (Å²) >= 11 is 0. The smallest absolute Gasteiger partial charge is 0.119 e. The van der Waals surface area contributed by atoms with E-state index in [1.54, 1.807) is 12.1 Å². The Balaban J connectivity index is 1.89. The lowest BCUT2D eigenvalue weighted by Gasteiger charge is -2.16. The Morgan fingerprint density at radius 2 is 1.11 bits per heavy atom. The topological polar surface area (TPSA) is 97.8 Å². The van der Waals surface area contributed by atoms with Crippen LogP contribution < -0.4 is 0 Å². The molecule has 2 aliphatic heterocycles. The van der Waals surface area contributed by atoms with Crippen molar-refractivity contribution in [2.75, 3.05) is 0 Å². The van der Waals surface area contributed by atoms with Crippen LogP contribution >= 0.6 is 0 Å². The molecule has 0 fully saturated rings. The zero-order valence-electron chi connectivity index (χ0n) is 33.0. The average molecular weight is 711 g/mol. The van der Waals surface area contributed by atoms with E-state index in [2.05, 4.69) is 114 Å². The predicted octanol–water partition coefficient (Wildman–Crippen LogP) is 13.2. The van der Waals surface area contributed by atoms with Crippen LogP contribution in [0.15, 0.2) is 42.5 Å². The van der Waals surface area contributed by atoms with E-state index >= 15 is 0 Å². The Kier molecular flexibility index (Phi) is 11.8. The first-order valence-corrected chi connectivity index (χ1v) is 20.1. The highest BCUT2D eigenvalue weighted by atomic mass is 16.3. The number of phenols is 2. The van der Waals surface area contributed by atoms with Crippen LogP contribution in [-0.2, 0) is 6.42 Å². The molecule has 0 amide bonds. The maximum atomic E-state index is 11.0. The number of hydrogen-bond acceptors (Lipinski definition) is 4. The third-order valence-corrected chi connectivity index (χ3v) is 11.7. The number of nitrogens with zero attached hydrogens (tertiary/aromatic N) is 2. The van der Waals surface area contributed by atoms with Crippen LogP contribution in [0.3, 0.4) is 0 Å². The van der Waals surface area contributed by atoms with Gasteiger partial charge < -0.3 is 20.2 Å². The molecule has 0 aliphatic carbocycles. The summed E-state index contributed by atoms with van der Waals surface area (Å²) in [7, 11) is 0. The number of phenolic OH excluding ortho intramolecular Hbond substituents is 2. The van der Waals surface area contributed by atoms with Crippen molar-refractivity contribution in [3.05, 3.63) is 98.6 Å². The minimum Gasteiger partial charge on any atom is -0.508 e. The summed E-state index contributed by atoms with van der Waals surface area (Å²) < 4.78 is 0. The van der Waals surface area contributed by atoms with E-state index in [-0.39, 0.29) is 17.4 Å². The monoisotopic (exact) mass is 710 g/mol. The van der Waals surface area contributed by atoms with Crippen molar-refractivity contribution in [3.63, 3.8) is 0 Å². The Bertz CT molecular complexity index is 2220. The van der Waals surface area contributed by atoms with Gasteiger partial charge in [-0.15, -0.1) is 0 Å². The Morgan fingerprint density at radius 3 is 1.64 bits per heavy atom. The van der Waals surface area contributed by atoms with Gasteiger partial charge in [0.15, 0.2) is 0 Å². The molecule has 8 bridgehead atoms. The second kappa shape index (κ2) is 16.4. The summed E-state index contributed by atoms with van der Waals surface area (Å²) in [6.07, 6.45) is 18.4. The van der Waals surface area contributed by atoms with Crippen molar-refractivity contribution >= 4 is 51.9 Å². The number of aromatic nitrogens is 4. The fourth-order valence-corrected chi connectivity index (χ4v) is 8.71. The maximum Gasteiger partial charge on any atom is 0.119 e. The molecule has 0 atom stereocenters. The molecule has 0 spiro atoms. The van der Waals surface area contributed by atoms with Gasteiger partial charge in [-0.1, -0.05) is 54.5 Å². The molecule has 1 aromatic carbocycles. The van der Waals surface area contributed by atoms with Gasteiger partial charge in [-0.2, -0.15) is 0 Å². The highest BCUT2D eigenvalue weighted by molar-refractivity contribution is 5.93. The van der Waals surface area contributed by atoms with Crippen LogP contribution in [0.2, 0.25) is 0 Å². The van der Waals surface area contributed by atoms with Gasteiger partial charge in [0.1, 0.15) is 11.5 Å². The lowest BCUT2D eigenvalue weighted by Crippen LogP contribution is -2.03. The number of rotatable bonds is 13. The van der Waals surface area contributed by atoms with E-state index in [0.29, 0.717) is 23.8 Å². The predicted molar refractivity (Wildman–Crippen MR) is 225 cm³/mol. The number of allylic oxidation sites excluding steroid dienone is 2. The number of aromatic amines is 2. The zero-order chi connectivity index (χ0) is 37.8. The van der Waals surface area contributed by atoms with Crippen molar-refractivity contribution in [1.29, 1.82) is 0 Å². The van der Waals surface area contributed by atoms with E-state index < -0.39 is 0 Å². The Hall–Kier alpha value is -4.84. The van der Waals surface area contributed by atoms with Gasteiger partial charge in [-0.3, -0.25) is 0 Å². The number of H-pyrrole nitrogens is 2. The van der Waals surface area contributed by atoms with Crippen LogP contribution in [0.4, 0.5) is 0 Å². The van der Waals surface area contributed by atoms with Crippen LogP contribution in [0.5, 0.6) is 11.5 Å². The molecule has 2 aliphatic rings. The minimum absolute atomic E-state index is 0.137. The summed E-state index contributed by atoms with van der Waals surface area (Å²) in [5.41, 5.74) is 16.0. The highest BCUT2D eigenvalue weighted by Crippen LogP contribution is 2.40. The maximum absolute atomic E-state index is 11.0. The van der Waals surface area contributed by atoms with Gasteiger partial charge >= 0.3 is 0 Å². The molecule has 0 saturated heterocycles. The molecule has 53 heavy (non-hydrogen) atoms. The van der Waals surface area contributed by atoms with E-state index in [0.717, 1.165) is 101 Å². The minimum atomic E-state index is 0.137.